The number of alkyl halides is 3. The van der Waals surface area contributed by atoms with Crippen LogP contribution in [0.2, 0.25) is 0 Å². The molecule has 3 heterocycles. The monoisotopic (exact) mass is 548 g/mol. The normalized spacial score (nSPS) is 19.6. The SMILES string of the molecule is COCCN1CC2(CCN(Cc3ccc(C)o3)CC2)COc2ccccc2S1(=O)=O.O=C(O)C(F)(F)F. The number of sulfonamides is 1. The number of carboxylic acid groups (broad SMARTS) is 1. The van der Waals surface area contributed by atoms with Gasteiger partial charge in [-0.2, -0.15) is 17.5 Å². The molecule has 0 unspecified atom stereocenters. The molecule has 0 bridgehead atoms. The quantitative estimate of drug-likeness (QED) is 0.605. The Kier molecular flexibility index (Phi) is 9.27. The number of aryl methyl sites for hydroxylation is 1. The first-order chi connectivity index (χ1) is 17.4. The van der Waals surface area contributed by atoms with Crippen molar-refractivity contribution in [1.29, 1.82) is 0 Å². The van der Waals surface area contributed by atoms with Gasteiger partial charge in [0.05, 0.1) is 19.8 Å². The van der Waals surface area contributed by atoms with Crippen LogP contribution in [0.1, 0.15) is 24.4 Å². The van der Waals surface area contributed by atoms with E-state index in [0.29, 0.717) is 32.1 Å². The molecule has 1 saturated heterocycles. The van der Waals surface area contributed by atoms with E-state index in [1.807, 2.05) is 25.1 Å². The number of rotatable bonds is 5. The van der Waals surface area contributed by atoms with E-state index in [0.717, 1.165) is 44.0 Å². The van der Waals surface area contributed by atoms with Gasteiger partial charge in [-0.05, 0) is 57.1 Å². The highest BCUT2D eigenvalue weighted by atomic mass is 32.2. The molecule has 1 aromatic heterocycles. The summed E-state index contributed by atoms with van der Waals surface area (Å²) in [7, 11) is -2.05. The number of nitrogens with zero attached hydrogens (tertiary/aromatic N) is 2. The Labute approximate surface area is 213 Å². The van der Waals surface area contributed by atoms with E-state index in [1.165, 1.54) is 0 Å². The van der Waals surface area contributed by atoms with Crippen molar-refractivity contribution in [3.05, 3.63) is 47.9 Å². The van der Waals surface area contributed by atoms with Gasteiger partial charge < -0.3 is 19.0 Å². The summed E-state index contributed by atoms with van der Waals surface area (Å²) in [5.74, 6) is -0.430. The number of hydrogen-bond donors (Lipinski definition) is 1. The van der Waals surface area contributed by atoms with Crippen LogP contribution >= 0.6 is 0 Å². The highest BCUT2D eigenvalue weighted by Crippen LogP contribution is 2.39. The molecular formula is C24H31F3N2O7S. The van der Waals surface area contributed by atoms with Crippen molar-refractivity contribution >= 4 is 16.0 Å². The van der Waals surface area contributed by atoms with Crippen molar-refractivity contribution in [2.45, 2.75) is 37.4 Å². The molecule has 9 nitrogen and oxygen atoms in total. The topological polar surface area (TPSA) is 110 Å². The van der Waals surface area contributed by atoms with Gasteiger partial charge in [0.1, 0.15) is 22.2 Å². The summed E-state index contributed by atoms with van der Waals surface area (Å²) in [6.45, 7) is 6.14. The van der Waals surface area contributed by atoms with Crippen molar-refractivity contribution in [1.82, 2.24) is 9.21 Å². The lowest BCUT2D eigenvalue weighted by Gasteiger charge is -2.44. The van der Waals surface area contributed by atoms with Crippen molar-refractivity contribution < 1.29 is 45.4 Å². The average Bonchev–Trinajstić information content (AvgIpc) is 3.25. The molecule has 1 fully saturated rings. The number of piperidine rings is 1. The molecule has 0 aliphatic carbocycles. The number of benzene rings is 1. The number of hydrogen-bond acceptors (Lipinski definition) is 7. The van der Waals surface area contributed by atoms with Gasteiger partial charge in [0.2, 0.25) is 10.0 Å². The lowest BCUT2D eigenvalue weighted by Crippen LogP contribution is -2.51. The second kappa shape index (κ2) is 11.8. The fourth-order valence-corrected chi connectivity index (χ4v) is 6.00. The summed E-state index contributed by atoms with van der Waals surface area (Å²) < 4.78 is 77.1. The summed E-state index contributed by atoms with van der Waals surface area (Å²) in [5.41, 5.74) is -0.218. The maximum Gasteiger partial charge on any atom is 0.490 e. The molecule has 206 valence electrons. The molecule has 2 aliphatic heterocycles. The Bertz CT molecular complexity index is 1160. The van der Waals surface area contributed by atoms with Crippen molar-refractivity contribution in [2.75, 3.05) is 46.5 Å². The van der Waals surface area contributed by atoms with Crippen LogP contribution in [-0.2, 0) is 26.1 Å². The number of methoxy groups -OCH3 is 1. The molecule has 0 radical (unpaired) electrons. The number of furan rings is 1. The van der Waals surface area contributed by atoms with E-state index in [-0.39, 0.29) is 10.3 Å². The van der Waals surface area contributed by atoms with Gasteiger partial charge in [-0.3, -0.25) is 4.90 Å². The second-order valence-electron chi connectivity index (χ2n) is 9.16. The van der Waals surface area contributed by atoms with Crippen LogP contribution in [-0.4, -0.2) is 81.4 Å². The molecular weight excluding hydrogens is 517 g/mol. The standard InChI is InChI=1S/C22H30N2O5S.C2HF3O2/c1-18-7-8-19(29-18)15-23-11-9-22(10-12-23)16-24(13-14-27-2)30(25,26)21-6-4-3-5-20(21)28-17-22;3-2(4,5)1(6)7/h3-8H,9-17H2,1-2H3;(H,6,7). The van der Waals surface area contributed by atoms with Crippen molar-refractivity contribution in [3.8, 4) is 5.75 Å². The summed E-state index contributed by atoms with van der Waals surface area (Å²) in [6, 6.07) is 10.9. The van der Waals surface area contributed by atoms with Gasteiger partial charge in [0.25, 0.3) is 0 Å². The molecule has 0 amide bonds. The maximum absolute atomic E-state index is 13.4. The predicted octanol–water partition coefficient (Wildman–Crippen LogP) is 3.53. The fraction of sp³-hybridized carbons (Fsp3) is 0.542. The van der Waals surface area contributed by atoms with Crippen molar-refractivity contribution in [3.63, 3.8) is 0 Å². The minimum atomic E-state index is -5.08. The molecule has 2 aliphatic rings. The average molecular weight is 549 g/mol. The van der Waals surface area contributed by atoms with Crippen LogP contribution < -0.4 is 4.74 Å². The minimum Gasteiger partial charge on any atom is -0.492 e. The first-order valence-corrected chi connectivity index (χ1v) is 13.1. The third-order valence-corrected chi connectivity index (χ3v) is 8.28. The number of carboxylic acids is 1. The number of aliphatic carboxylic acids is 1. The van der Waals surface area contributed by atoms with E-state index in [4.69, 9.17) is 23.8 Å². The van der Waals surface area contributed by atoms with E-state index in [1.54, 1.807) is 29.6 Å². The van der Waals surface area contributed by atoms with E-state index >= 15 is 0 Å². The number of ether oxygens (including phenoxy) is 2. The van der Waals surface area contributed by atoms with E-state index < -0.39 is 22.2 Å². The molecule has 0 atom stereocenters. The molecule has 0 saturated carbocycles. The van der Waals surface area contributed by atoms with Crippen LogP contribution in [0.4, 0.5) is 13.2 Å². The first kappa shape index (κ1) is 29.0. The molecule has 2 aromatic rings. The van der Waals surface area contributed by atoms with Gasteiger partial charge in [0, 0.05) is 25.6 Å². The number of carbonyl (C=O) groups is 1. The molecule has 1 spiro atoms. The lowest BCUT2D eigenvalue weighted by molar-refractivity contribution is -0.192. The van der Waals surface area contributed by atoms with Gasteiger partial charge in [-0.25, -0.2) is 13.2 Å². The minimum absolute atomic E-state index is 0.218. The Hall–Kier alpha value is -2.61. The number of halogens is 3. The molecule has 37 heavy (non-hydrogen) atoms. The number of fused-ring (bicyclic) bond motifs is 1. The van der Waals surface area contributed by atoms with Crippen molar-refractivity contribution in [2.24, 2.45) is 5.41 Å². The summed E-state index contributed by atoms with van der Waals surface area (Å²) >= 11 is 0. The van der Waals surface area contributed by atoms with Gasteiger partial charge >= 0.3 is 12.1 Å². The molecule has 1 aromatic carbocycles. The predicted molar refractivity (Wildman–Crippen MR) is 127 cm³/mol. The van der Waals surface area contributed by atoms with Gasteiger partial charge in [-0.15, -0.1) is 0 Å². The number of para-hydroxylation sites is 1. The maximum atomic E-state index is 13.4. The zero-order valence-electron chi connectivity index (χ0n) is 20.7. The van der Waals surface area contributed by atoms with Crippen LogP contribution in [0.15, 0.2) is 45.7 Å². The molecule has 13 heteroatoms. The number of likely N-dealkylation sites (tertiary alicyclic amines) is 1. The summed E-state index contributed by atoms with van der Waals surface area (Å²) in [6.07, 6.45) is -3.35. The molecule has 1 N–H and O–H groups in total. The largest absolute Gasteiger partial charge is 0.492 e. The third-order valence-electron chi connectivity index (χ3n) is 6.39. The van der Waals surface area contributed by atoms with Crippen LogP contribution in [0.5, 0.6) is 5.75 Å². The van der Waals surface area contributed by atoms with Crippen LogP contribution in [0.3, 0.4) is 0 Å². The second-order valence-corrected chi connectivity index (χ2v) is 11.1. The van der Waals surface area contributed by atoms with Gasteiger partial charge in [-0.1, -0.05) is 12.1 Å². The molecule has 4 rings (SSSR count). The third kappa shape index (κ3) is 7.46. The zero-order valence-corrected chi connectivity index (χ0v) is 21.5. The Morgan fingerprint density at radius 3 is 2.38 bits per heavy atom. The van der Waals surface area contributed by atoms with E-state index in [2.05, 4.69) is 4.90 Å². The zero-order chi connectivity index (χ0) is 27.3. The van der Waals surface area contributed by atoms with Gasteiger partial charge in [0.15, 0.2) is 0 Å². The Morgan fingerprint density at radius 2 is 1.81 bits per heavy atom. The fourth-order valence-electron chi connectivity index (χ4n) is 4.33. The highest BCUT2D eigenvalue weighted by Gasteiger charge is 2.43. The van der Waals surface area contributed by atoms with Crippen LogP contribution in [0.25, 0.3) is 0 Å². The van der Waals surface area contributed by atoms with E-state index in [9.17, 15) is 21.6 Å². The lowest BCUT2D eigenvalue weighted by atomic mass is 9.78. The van der Waals surface area contributed by atoms with Crippen LogP contribution in [0, 0.1) is 12.3 Å². The Morgan fingerprint density at radius 1 is 1.16 bits per heavy atom. The summed E-state index contributed by atoms with van der Waals surface area (Å²) in [5, 5.41) is 7.12. The first-order valence-electron chi connectivity index (χ1n) is 11.6. The summed E-state index contributed by atoms with van der Waals surface area (Å²) in [4.78, 5) is 11.5. The smallest absolute Gasteiger partial charge is 0.490 e. The highest BCUT2D eigenvalue weighted by molar-refractivity contribution is 7.89. The Balaban J connectivity index is 0.000000479.